The average molecular weight is 381 g/mol. The van der Waals surface area contributed by atoms with Gasteiger partial charge in [0.25, 0.3) is 11.8 Å². The maximum atomic E-state index is 12.1. The first-order valence-electron chi connectivity index (χ1n) is 8.89. The monoisotopic (exact) mass is 380 g/mol. The van der Waals surface area contributed by atoms with Crippen LogP contribution in [0.15, 0.2) is 24.3 Å². The summed E-state index contributed by atoms with van der Waals surface area (Å²) in [6.07, 6.45) is 4.34. The second kappa shape index (κ2) is 9.57. The molecule has 7 heteroatoms. The summed E-state index contributed by atoms with van der Waals surface area (Å²) in [5.74, 6) is -0.944. The van der Waals surface area contributed by atoms with Crippen molar-refractivity contribution < 1.29 is 19.1 Å². The lowest BCUT2D eigenvalue weighted by molar-refractivity contribution is -0.150. The molecule has 0 unspecified atom stereocenters. The van der Waals surface area contributed by atoms with Gasteiger partial charge < -0.3 is 15.4 Å². The lowest BCUT2D eigenvalue weighted by atomic mass is 9.86. The fourth-order valence-electron chi connectivity index (χ4n) is 2.98. The molecule has 1 aromatic rings. The second-order valence-electron chi connectivity index (χ2n) is 6.75. The van der Waals surface area contributed by atoms with E-state index in [9.17, 15) is 14.4 Å². The molecule has 1 aliphatic carbocycles. The number of hydrogen-bond donors (Lipinski definition) is 2. The minimum Gasteiger partial charge on any atom is -0.454 e. The zero-order chi connectivity index (χ0) is 19.1. The van der Waals surface area contributed by atoms with E-state index in [4.69, 9.17) is 16.3 Å². The fraction of sp³-hybridized carbons (Fsp3) is 0.526. The summed E-state index contributed by atoms with van der Waals surface area (Å²) in [6.45, 7) is 3.28. The van der Waals surface area contributed by atoms with Gasteiger partial charge in [0, 0.05) is 16.6 Å². The molecule has 2 N–H and O–H groups in total. The van der Waals surface area contributed by atoms with Crippen LogP contribution in [0.2, 0.25) is 5.02 Å². The predicted octanol–water partition coefficient (Wildman–Crippen LogP) is 2.70. The van der Waals surface area contributed by atoms with Gasteiger partial charge in [-0.3, -0.25) is 9.59 Å². The molecule has 0 heterocycles. The highest BCUT2D eigenvalue weighted by Crippen LogP contribution is 2.23. The van der Waals surface area contributed by atoms with E-state index >= 15 is 0 Å². The number of carbonyl (C=O) groups is 3. The Bertz CT molecular complexity index is 647. The van der Waals surface area contributed by atoms with E-state index in [1.54, 1.807) is 24.3 Å². The van der Waals surface area contributed by atoms with Gasteiger partial charge in [0.05, 0.1) is 0 Å². The molecular formula is C19H25ClN2O4. The van der Waals surface area contributed by atoms with Crippen LogP contribution in [-0.4, -0.2) is 36.5 Å². The largest absolute Gasteiger partial charge is 0.454 e. The van der Waals surface area contributed by atoms with Gasteiger partial charge in [-0.1, -0.05) is 31.4 Å². The van der Waals surface area contributed by atoms with Crippen molar-refractivity contribution >= 4 is 29.4 Å². The normalized spacial score (nSPS) is 20.7. The van der Waals surface area contributed by atoms with Gasteiger partial charge in [0.2, 0.25) is 0 Å². The zero-order valence-electron chi connectivity index (χ0n) is 15.1. The van der Waals surface area contributed by atoms with Crippen molar-refractivity contribution in [3.63, 3.8) is 0 Å². The highest BCUT2D eigenvalue weighted by molar-refractivity contribution is 6.30. The smallest absolute Gasteiger partial charge is 0.328 e. The summed E-state index contributed by atoms with van der Waals surface area (Å²) in [5.41, 5.74) is 0.387. The SMILES string of the molecule is C[C@H](NC(=O)c1ccc(Cl)cc1)C(=O)OCC(=O)N[C@H]1CCCC[C@H]1C. The second-order valence-corrected chi connectivity index (χ2v) is 7.18. The van der Waals surface area contributed by atoms with Crippen LogP contribution in [0, 0.1) is 5.92 Å². The van der Waals surface area contributed by atoms with Gasteiger partial charge >= 0.3 is 5.97 Å². The van der Waals surface area contributed by atoms with Crippen molar-refractivity contribution in [1.82, 2.24) is 10.6 Å². The molecule has 0 bridgehead atoms. The van der Waals surface area contributed by atoms with E-state index in [0.29, 0.717) is 16.5 Å². The molecule has 0 spiro atoms. The third kappa shape index (κ3) is 6.02. The van der Waals surface area contributed by atoms with Gasteiger partial charge in [0.15, 0.2) is 6.61 Å². The summed E-state index contributed by atoms with van der Waals surface area (Å²) < 4.78 is 5.01. The van der Waals surface area contributed by atoms with Crippen molar-refractivity contribution in [2.24, 2.45) is 5.92 Å². The third-order valence-electron chi connectivity index (χ3n) is 4.61. The fourth-order valence-corrected chi connectivity index (χ4v) is 3.11. The van der Waals surface area contributed by atoms with E-state index in [1.807, 2.05) is 0 Å². The van der Waals surface area contributed by atoms with Crippen molar-refractivity contribution in [2.75, 3.05) is 6.61 Å². The number of esters is 1. The van der Waals surface area contributed by atoms with Crippen molar-refractivity contribution in [1.29, 1.82) is 0 Å². The minimum absolute atomic E-state index is 0.136. The van der Waals surface area contributed by atoms with Crippen LogP contribution in [0.3, 0.4) is 0 Å². The number of hydrogen-bond acceptors (Lipinski definition) is 4. The number of amides is 2. The van der Waals surface area contributed by atoms with Crippen LogP contribution in [-0.2, 0) is 14.3 Å². The Hall–Kier alpha value is -2.08. The van der Waals surface area contributed by atoms with Gasteiger partial charge in [-0.25, -0.2) is 4.79 Å². The number of nitrogens with one attached hydrogen (secondary N) is 2. The molecule has 6 nitrogen and oxygen atoms in total. The molecule has 0 aromatic heterocycles. The Morgan fingerprint density at radius 2 is 1.85 bits per heavy atom. The van der Waals surface area contributed by atoms with E-state index < -0.39 is 17.9 Å². The van der Waals surface area contributed by atoms with Gasteiger partial charge in [-0.05, 0) is 49.9 Å². The van der Waals surface area contributed by atoms with Gasteiger partial charge in [-0.2, -0.15) is 0 Å². The predicted molar refractivity (Wildman–Crippen MR) is 98.9 cm³/mol. The van der Waals surface area contributed by atoms with E-state index in [0.717, 1.165) is 19.3 Å². The summed E-state index contributed by atoms with van der Waals surface area (Å²) in [5, 5.41) is 5.98. The Labute approximate surface area is 158 Å². The molecule has 0 radical (unpaired) electrons. The molecule has 1 aliphatic rings. The molecule has 142 valence electrons. The maximum absolute atomic E-state index is 12.1. The molecule has 1 aromatic carbocycles. The molecular weight excluding hydrogens is 356 g/mol. The highest BCUT2D eigenvalue weighted by Gasteiger charge is 2.24. The van der Waals surface area contributed by atoms with E-state index in [2.05, 4.69) is 17.6 Å². The average Bonchev–Trinajstić information content (AvgIpc) is 2.62. The molecule has 1 saturated carbocycles. The van der Waals surface area contributed by atoms with Gasteiger partial charge in [-0.15, -0.1) is 0 Å². The molecule has 26 heavy (non-hydrogen) atoms. The van der Waals surface area contributed by atoms with Crippen LogP contribution >= 0.6 is 11.6 Å². The topological polar surface area (TPSA) is 84.5 Å². The van der Waals surface area contributed by atoms with E-state index in [-0.39, 0.29) is 18.6 Å². The standard InChI is InChI=1S/C19H25ClN2O4/c1-12-5-3-4-6-16(12)22-17(23)11-26-19(25)13(2)21-18(24)14-7-9-15(20)10-8-14/h7-10,12-13,16H,3-6,11H2,1-2H3,(H,21,24)(H,22,23)/t12-,13+,16+/m1/s1. The quantitative estimate of drug-likeness (QED) is 0.743. The van der Waals surface area contributed by atoms with Crippen LogP contribution < -0.4 is 10.6 Å². The third-order valence-corrected chi connectivity index (χ3v) is 4.86. The van der Waals surface area contributed by atoms with Crippen LogP contribution in [0.4, 0.5) is 0 Å². The Balaban J connectivity index is 1.75. The first kappa shape index (κ1) is 20.2. The first-order valence-corrected chi connectivity index (χ1v) is 9.27. The molecule has 1 fully saturated rings. The summed E-state index contributed by atoms with van der Waals surface area (Å²) in [4.78, 5) is 36.0. The number of ether oxygens (including phenoxy) is 1. The number of halogens is 1. The van der Waals surface area contributed by atoms with Crippen LogP contribution in [0.25, 0.3) is 0 Å². The maximum Gasteiger partial charge on any atom is 0.328 e. The molecule has 2 rings (SSSR count). The van der Waals surface area contributed by atoms with Crippen molar-refractivity contribution in [3.8, 4) is 0 Å². The lowest BCUT2D eigenvalue weighted by Gasteiger charge is -2.29. The summed E-state index contributed by atoms with van der Waals surface area (Å²) in [6, 6.07) is 5.59. The Morgan fingerprint density at radius 3 is 2.50 bits per heavy atom. The van der Waals surface area contributed by atoms with Crippen LogP contribution in [0.1, 0.15) is 49.9 Å². The Kier molecular flexibility index (Phi) is 7.45. The molecule has 0 saturated heterocycles. The molecule has 2 amide bonds. The number of benzene rings is 1. The molecule has 0 aliphatic heterocycles. The summed E-state index contributed by atoms with van der Waals surface area (Å²) in [7, 11) is 0. The van der Waals surface area contributed by atoms with Crippen LogP contribution in [0.5, 0.6) is 0 Å². The first-order chi connectivity index (χ1) is 12.4. The number of rotatable bonds is 6. The zero-order valence-corrected chi connectivity index (χ0v) is 15.8. The molecule has 3 atom stereocenters. The lowest BCUT2D eigenvalue weighted by Crippen LogP contribution is -2.44. The number of carbonyl (C=O) groups excluding carboxylic acids is 3. The van der Waals surface area contributed by atoms with Gasteiger partial charge in [0.1, 0.15) is 6.04 Å². The highest BCUT2D eigenvalue weighted by atomic mass is 35.5. The summed E-state index contributed by atoms with van der Waals surface area (Å²) >= 11 is 5.78. The van der Waals surface area contributed by atoms with Crippen molar-refractivity contribution in [3.05, 3.63) is 34.9 Å². The Morgan fingerprint density at radius 1 is 1.19 bits per heavy atom. The van der Waals surface area contributed by atoms with E-state index in [1.165, 1.54) is 13.3 Å². The minimum atomic E-state index is -0.861. The van der Waals surface area contributed by atoms with Crippen molar-refractivity contribution in [2.45, 2.75) is 51.6 Å².